The Morgan fingerprint density at radius 2 is 1.59 bits per heavy atom. The molecule has 0 aliphatic rings. The van der Waals surface area contributed by atoms with Crippen molar-refractivity contribution >= 4 is 22.4 Å². The lowest BCUT2D eigenvalue weighted by Gasteiger charge is -2.05. The minimum Gasteiger partial charge on any atom is -0.383 e. The first-order chi connectivity index (χ1) is 10.6. The van der Waals surface area contributed by atoms with E-state index in [1.807, 2.05) is 48.5 Å². The van der Waals surface area contributed by atoms with Gasteiger partial charge in [0.25, 0.3) is 0 Å². The van der Waals surface area contributed by atoms with Crippen LogP contribution in [-0.2, 0) is 0 Å². The third kappa shape index (κ3) is 2.88. The minimum absolute atomic E-state index is 0.171. The van der Waals surface area contributed by atoms with Gasteiger partial charge in [-0.2, -0.15) is 0 Å². The Morgan fingerprint density at radius 3 is 2.36 bits per heavy atom. The van der Waals surface area contributed by atoms with Crippen LogP contribution in [0.4, 0.5) is 0 Å². The van der Waals surface area contributed by atoms with E-state index < -0.39 is 0 Å². The molecule has 0 amide bonds. The Kier molecular flexibility index (Phi) is 3.71. The Labute approximate surface area is 129 Å². The number of hydrogen-bond acceptors (Lipinski definition) is 1. The number of nitrogens with one attached hydrogen (secondary N) is 1. The number of amidine groups is 2. The Balaban J connectivity index is 1.95. The smallest absolute Gasteiger partial charge is 0.154 e. The normalized spacial score (nSPS) is 11.6. The van der Waals surface area contributed by atoms with Crippen LogP contribution >= 0.6 is 0 Å². The molecule has 0 spiro atoms. The zero-order chi connectivity index (χ0) is 15.5. The molecule has 0 saturated heterocycles. The number of nitrogens with zero attached hydrogens (tertiary/aromatic N) is 1. The van der Waals surface area contributed by atoms with Gasteiger partial charge in [-0.05, 0) is 23.8 Å². The van der Waals surface area contributed by atoms with E-state index in [2.05, 4.69) is 30.1 Å². The van der Waals surface area contributed by atoms with E-state index >= 15 is 0 Å². The monoisotopic (exact) mass is 287 g/mol. The summed E-state index contributed by atoms with van der Waals surface area (Å²) < 4.78 is 0. The Morgan fingerprint density at radius 1 is 0.864 bits per heavy atom. The summed E-state index contributed by atoms with van der Waals surface area (Å²) in [6.07, 6.45) is 0. The first kappa shape index (κ1) is 14.0. The van der Waals surface area contributed by atoms with Crippen molar-refractivity contribution in [3.63, 3.8) is 0 Å². The summed E-state index contributed by atoms with van der Waals surface area (Å²) in [5, 5.41) is 10.4. The fourth-order valence-corrected chi connectivity index (χ4v) is 2.37. The van der Waals surface area contributed by atoms with Gasteiger partial charge in [-0.15, -0.1) is 0 Å². The maximum absolute atomic E-state index is 8.17. The van der Waals surface area contributed by atoms with E-state index in [1.54, 1.807) is 0 Å². The van der Waals surface area contributed by atoms with Crippen LogP contribution in [0.5, 0.6) is 0 Å². The highest BCUT2D eigenvalue weighted by Gasteiger charge is 2.04. The highest BCUT2D eigenvalue weighted by atomic mass is 14.9. The Hall–Kier alpha value is -2.94. The maximum atomic E-state index is 8.17. The van der Waals surface area contributed by atoms with Crippen LogP contribution in [0.1, 0.15) is 16.7 Å². The third-order valence-electron chi connectivity index (χ3n) is 3.57. The van der Waals surface area contributed by atoms with Crippen LogP contribution in [0.15, 0.2) is 71.7 Å². The van der Waals surface area contributed by atoms with Crippen molar-refractivity contribution in [2.75, 3.05) is 0 Å². The van der Waals surface area contributed by atoms with Crippen molar-refractivity contribution in [3.8, 4) is 0 Å². The third-order valence-corrected chi connectivity index (χ3v) is 3.57. The van der Waals surface area contributed by atoms with Crippen LogP contribution < -0.4 is 5.73 Å². The predicted molar refractivity (Wildman–Crippen MR) is 92.7 cm³/mol. The molecule has 0 atom stereocenters. The van der Waals surface area contributed by atoms with E-state index in [0.717, 1.165) is 21.9 Å². The number of nitrogens with two attached hydrogens (primary N) is 1. The molecule has 3 nitrogen and oxygen atoms in total. The van der Waals surface area contributed by atoms with Gasteiger partial charge in [0.2, 0.25) is 0 Å². The van der Waals surface area contributed by atoms with Gasteiger partial charge in [-0.25, -0.2) is 4.99 Å². The number of benzene rings is 3. The van der Waals surface area contributed by atoms with Crippen molar-refractivity contribution in [2.45, 2.75) is 6.92 Å². The van der Waals surface area contributed by atoms with Crippen molar-refractivity contribution in [1.29, 1.82) is 5.41 Å². The second kappa shape index (κ2) is 5.82. The minimum atomic E-state index is 0.171. The topological polar surface area (TPSA) is 62.2 Å². The first-order valence-corrected chi connectivity index (χ1v) is 7.12. The quantitative estimate of drug-likeness (QED) is 0.545. The zero-order valence-electron chi connectivity index (χ0n) is 12.4. The maximum Gasteiger partial charge on any atom is 0.154 e. The van der Waals surface area contributed by atoms with E-state index in [4.69, 9.17) is 11.1 Å². The van der Waals surface area contributed by atoms with E-state index in [1.165, 1.54) is 5.56 Å². The van der Waals surface area contributed by atoms with Gasteiger partial charge >= 0.3 is 0 Å². The fraction of sp³-hybridized carbons (Fsp3) is 0.0526. The lowest BCUT2D eigenvalue weighted by atomic mass is 10.0. The first-order valence-electron chi connectivity index (χ1n) is 7.12. The summed E-state index contributed by atoms with van der Waals surface area (Å²) >= 11 is 0. The summed E-state index contributed by atoms with van der Waals surface area (Å²) in [6.45, 7) is 2.06. The molecule has 0 unspecified atom stereocenters. The van der Waals surface area contributed by atoms with Crippen LogP contribution in [0.25, 0.3) is 10.8 Å². The SMILES string of the molecule is Cc1ccc2ccc(C(=N)N=C(N)c3ccccc3)cc2c1. The number of hydrogen-bond donors (Lipinski definition) is 2. The molecule has 0 radical (unpaired) electrons. The highest BCUT2D eigenvalue weighted by Crippen LogP contribution is 2.18. The molecular weight excluding hydrogens is 270 g/mol. The number of aliphatic imine (C=N–C) groups is 1. The number of fused-ring (bicyclic) bond motifs is 1. The molecule has 3 aromatic carbocycles. The molecule has 0 saturated carbocycles. The van der Waals surface area contributed by atoms with Crippen molar-refractivity contribution < 1.29 is 0 Å². The molecule has 22 heavy (non-hydrogen) atoms. The largest absolute Gasteiger partial charge is 0.383 e. The molecule has 0 bridgehead atoms. The number of rotatable bonds is 2. The second-order valence-corrected chi connectivity index (χ2v) is 5.28. The molecule has 0 fully saturated rings. The molecule has 3 aromatic rings. The average molecular weight is 287 g/mol. The molecule has 0 aliphatic heterocycles. The zero-order valence-corrected chi connectivity index (χ0v) is 12.4. The van der Waals surface area contributed by atoms with E-state index in [-0.39, 0.29) is 5.84 Å². The highest BCUT2D eigenvalue weighted by molar-refractivity contribution is 6.10. The van der Waals surface area contributed by atoms with Crippen LogP contribution in [-0.4, -0.2) is 11.7 Å². The van der Waals surface area contributed by atoms with Gasteiger partial charge in [0, 0.05) is 11.1 Å². The molecule has 0 aliphatic carbocycles. The van der Waals surface area contributed by atoms with Gasteiger partial charge in [-0.3, -0.25) is 5.41 Å². The van der Waals surface area contributed by atoms with E-state index in [0.29, 0.717) is 5.84 Å². The van der Waals surface area contributed by atoms with Crippen molar-refractivity contribution in [1.82, 2.24) is 0 Å². The molecule has 3 N–H and O–H groups in total. The van der Waals surface area contributed by atoms with Gasteiger partial charge in [0.1, 0.15) is 5.84 Å². The summed E-state index contributed by atoms with van der Waals surface area (Å²) in [5.41, 5.74) is 8.76. The van der Waals surface area contributed by atoms with Crippen LogP contribution in [0.2, 0.25) is 0 Å². The summed E-state index contributed by atoms with van der Waals surface area (Å²) in [6, 6.07) is 21.7. The van der Waals surface area contributed by atoms with Gasteiger partial charge < -0.3 is 5.73 Å². The molecule has 108 valence electrons. The fourth-order valence-electron chi connectivity index (χ4n) is 2.37. The molecule has 0 aromatic heterocycles. The van der Waals surface area contributed by atoms with Crippen molar-refractivity contribution in [2.24, 2.45) is 10.7 Å². The summed E-state index contributed by atoms with van der Waals surface area (Å²) in [5.74, 6) is 0.527. The molecular formula is C19H17N3. The average Bonchev–Trinajstić information content (AvgIpc) is 2.54. The van der Waals surface area contributed by atoms with E-state index in [9.17, 15) is 0 Å². The lowest BCUT2D eigenvalue weighted by molar-refractivity contribution is 1.40. The molecule has 3 rings (SSSR count). The van der Waals surface area contributed by atoms with Gasteiger partial charge in [0.05, 0.1) is 0 Å². The molecule has 0 heterocycles. The van der Waals surface area contributed by atoms with Gasteiger partial charge in [0.15, 0.2) is 5.84 Å². The van der Waals surface area contributed by atoms with Crippen LogP contribution in [0, 0.1) is 12.3 Å². The summed E-state index contributed by atoms with van der Waals surface area (Å²) in [7, 11) is 0. The number of aryl methyl sites for hydroxylation is 1. The summed E-state index contributed by atoms with van der Waals surface area (Å²) in [4.78, 5) is 4.22. The predicted octanol–water partition coefficient (Wildman–Crippen LogP) is 3.88. The standard InChI is InChI=1S/C19H17N3/c1-13-7-8-14-9-10-16(12-17(14)11-13)19(21)22-18(20)15-5-3-2-4-6-15/h2-12H,1H3,(H3,20,21,22). The van der Waals surface area contributed by atoms with Gasteiger partial charge in [-0.1, -0.05) is 66.2 Å². The molecule has 3 heteroatoms. The Bertz CT molecular complexity index is 864. The lowest BCUT2D eigenvalue weighted by Crippen LogP contribution is -2.15. The second-order valence-electron chi connectivity index (χ2n) is 5.28. The van der Waals surface area contributed by atoms with Crippen LogP contribution in [0.3, 0.4) is 0 Å². The van der Waals surface area contributed by atoms with Crippen molar-refractivity contribution in [3.05, 3.63) is 83.4 Å².